The molecule has 0 bridgehead atoms. The molecule has 7 nitrogen and oxygen atoms in total. The number of rotatable bonds is 8. The summed E-state index contributed by atoms with van der Waals surface area (Å²) in [5.74, 6) is -0.326. The van der Waals surface area contributed by atoms with Gasteiger partial charge in [0.1, 0.15) is 5.84 Å². The first-order valence-corrected chi connectivity index (χ1v) is 10.2. The number of carbonyl (C=O) groups excluding carboxylic acids is 2. The van der Waals surface area contributed by atoms with Crippen molar-refractivity contribution in [2.24, 2.45) is 11.5 Å². The maximum Gasteiger partial charge on any atom is 0.237 e. The van der Waals surface area contributed by atoms with Crippen molar-refractivity contribution >= 4 is 42.5 Å². The van der Waals surface area contributed by atoms with Gasteiger partial charge >= 0.3 is 0 Å². The number of hydrogen-bond acceptors (Lipinski definition) is 4. The van der Waals surface area contributed by atoms with Gasteiger partial charge in [-0.15, -0.1) is 24.8 Å². The van der Waals surface area contributed by atoms with E-state index >= 15 is 0 Å². The van der Waals surface area contributed by atoms with Crippen molar-refractivity contribution in [3.8, 4) is 0 Å². The van der Waals surface area contributed by atoms with E-state index < -0.39 is 12.1 Å². The molecule has 9 heteroatoms. The molecule has 1 aliphatic rings. The lowest BCUT2D eigenvalue weighted by molar-refractivity contribution is -0.130. The zero-order valence-electron chi connectivity index (χ0n) is 18.0. The van der Waals surface area contributed by atoms with E-state index in [2.05, 4.69) is 17.4 Å². The minimum absolute atomic E-state index is 0. The second kappa shape index (κ2) is 12.4. The first kappa shape index (κ1) is 27.4. The molecule has 0 saturated carbocycles. The molecule has 32 heavy (non-hydrogen) atoms. The third-order valence-corrected chi connectivity index (χ3v) is 5.76. The van der Waals surface area contributed by atoms with Crippen molar-refractivity contribution in [1.29, 1.82) is 5.41 Å². The van der Waals surface area contributed by atoms with Gasteiger partial charge in [0.25, 0.3) is 0 Å². The Hall–Kier alpha value is -2.61. The van der Waals surface area contributed by atoms with E-state index in [0.717, 1.165) is 11.1 Å². The quantitative estimate of drug-likeness (QED) is 0.342. The molecule has 0 radical (unpaired) electrons. The molecule has 174 valence electrons. The van der Waals surface area contributed by atoms with E-state index in [1.807, 2.05) is 42.2 Å². The van der Waals surface area contributed by atoms with Gasteiger partial charge in [-0.25, -0.2) is 0 Å². The van der Waals surface area contributed by atoms with Gasteiger partial charge in [0.15, 0.2) is 0 Å². The highest BCUT2D eigenvalue weighted by Crippen LogP contribution is 2.33. The van der Waals surface area contributed by atoms with E-state index in [1.165, 1.54) is 0 Å². The Kier molecular flexibility index (Phi) is 10.7. The van der Waals surface area contributed by atoms with Gasteiger partial charge < -0.3 is 16.8 Å². The monoisotopic (exact) mass is 479 g/mol. The second-order valence-corrected chi connectivity index (χ2v) is 7.71. The molecular formula is C23H31Cl2N5O2. The normalized spacial score (nSPS) is 18.7. The SMILES string of the molecule is CC[C@@H](C(=O)NCc1ccc(C(=N)N)cc1)N1CC(c2ccccc2)CC1C(N)=O.Cl.Cl. The molecule has 2 amide bonds. The van der Waals surface area contributed by atoms with Crippen LogP contribution in [0.15, 0.2) is 54.6 Å². The van der Waals surface area contributed by atoms with E-state index in [1.54, 1.807) is 12.1 Å². The maximum atomic E-state index is 13.0. The van der Waals surface area contributed by atoms with Crippen LogP contribution in [0.2, 0.25) is 0 Å². The van der Waals surface area contributed by atoms with Gasteiger partial charge in [-0.1, -0.05) is 61.5 Å². The number of amidine groups is 1. The lowest BCUT2D eigenvalue weighted by atomic mass is 9.96. The summed E-state index contributed by atoms with van der Waals surface area (Å²) in [6, 6.07) is 16.4. The van der Waals surface area contributed by atoms with Crippen LogP contribution in [0.5, 0.6) is 0 Å². The van der Waals surface area contributed by atoms with Crippen LogP contribution < -0.4 is 16.8 Å². The number of nitrogens with one attached hydrogen (secondary N) is 2. The van der Waals surface area contributed by atoms with E-state index in [9.17, 15) is 9.59 Å². The first-order valence-electron chi connectivity index (χ1n) is 10.2. The lowest BCUT2D eigenvalue weighted by Crippen LogP contribution is -2.52. The fourth-order valence-corrected chi connectivity index (χ4v) is 4.13. The highest BCUT2D eigenvalue weighted by Gasteiger charge is 2.41. The van der Waals surface area contributed by atoms with E-state index in [0.29, 0.717) is 31.5 Å². The predicted molar refractivity (Wildman–Crippen MR) is 131 cm³/mol. The Morgan fingerprint density at radius 2 is 1.72 bits per heavy atom. The Balaban J connectivity index is 0.00000256. The minimum Gasteiger partial charge on any atom is -0.384 e. The molecule has 0 aromatic heterocycles. The summed E-state index contributed by atoms with van der Waals surface area (Å²) in [6.45, 7) is 2.93. The van der Waals surface area contributed by atoms with Crippen molar-refractivity contribution in [3.05, 3.63) is 71.3 Å². The molecule has 2 aromatic carbocycles. The second-order valence-electron chi connectivity index (χ2n) is 7.71. The number of likely N-dealkylation sites (tertiary alicyclic amines) is 1. The average molecular weight is 480 g/mol. The maximum absolute atomic E-state index is 13.0. The molecule has 1 aliphatic heterocycles. The summed E-state index contributed by atoms with van der Waals surface area (Å²) < 4.78 is 0. The van der Waals surface area contributed by atoms with Crippen LogP contribution in [0.4, 0.5) is 0 Å². The van der Waals surface area contributed by atoms with Crippen molar-refractivity contribution in [1.82, 2.24) is 10.2 Å². The largest absolute Gasteiger partial charge is 0.384 e. The Labute approximate surface area is 201 Å². The summed E-state index contributed by atoms with van der Waals surface area (Å²) in [6.07, 6.45) is 1.20. The molecule has 0 aliphatic carbocycles. The van der Waals surface area contributed by atoms with Gasteiger partial charge in [-0.3, -0.25) is 19.9 Å². The Morgan fingerprint density at radius 3 is 2.25 bits per heavy atom. The number of nitrogen functional groups attached to an aromatic ring is 1. The molecule has 2 unspecified atom stereocenters. The summed E-state index contributed by atoms with van der Waals surface area (Å²) in [7, 11) is 0. The zero-order chi connectivity index (χ0) is 21.7. The molecule has 6 N–H and O–H groups in total. The van der Waals surface area contributed by atoms with Crippen LogP contribution in [0.25, 0.3) is 0 Å². The fourth-order valence-electron chi connectivity index (χ4n) is 4.13. The van der Waals surface area contributed by atoms with Crippen molar-refractivity contribution < 1.29 is 9.59 Å². The van der Waals surface area contributed by atoms with Gasteiger partial charge in [0.2, 0.25) is 11.8 Å². The smallest absolute Gasteiger partial charge is 0.237 e. The first-order chi connectivity index (χ1) is 14.4. The van der Waals surface area contributed by atoms with Crippen LogP contribution >= 0.6 is 24.8 Å². The third-order valence-electron chi connectivity index (χ3n) is 5.76. The topological polar surface area (TPSA) is 125 Å². The number of benzene rings is 2. The van der Waals surface area contributed by atoms with Crippen LogP contribution in [0.1, 0.15) is 42.4 Å². The lowest BCUT2D eigenvalue weighted by Gasteiger charge is -2.30. The predicted octanol–water partition coefficient (Wildman–Crippen LogP) is 2.55. The molecule has 1 heterocycles. The summed E-state index contributed by atoms with van der Waals surface area (Å²) in [5, 5.41) is 10.4. The molecular weight excluding hydrogens is 449 g/mol. The van der Waals surface area contributed by atoms with Crippen molar-refractivity contribution in [2.45, 2.75) is 44.3 Å². The molecule has 3 atom stereocenters. The standard InChI is InChI=1S/C23H29N5O2.2ClH/c1-2-19(23(30)27-13-15-8-10-17(11-9-15)21(24)25)28-14-18(12-20(28)22(26)29)16-6-4-3-5-7-16;;/h3-11,18-20H,2,12-14H2,1H3,(H3,24,25)(H2,26,29)(H,27,30);2*1H/t18?,19-,20?;;/m0../s1. The van der Waals surface area contributed by atoms with Gasteiger partial charge in [-0.2, -0.15) is 0 Å². The number of nitrogens with zero attached hydrogens (tertiary/aromatic N) is 1. The van der Waals surface area contributed by atoms with Crippen LogP contribution in [0.3, 0.4) is 0 Å². The Morgan fingerprint density at radius 1 is 1.09 bits per heavy atom. The Bertz CT molecular complexity index is 908. The fraction of sp³-hybridized carbons (Fsp3) is 0.348. The number of primary amides is 1. The molecule has 2 aromatic rings. The number of amides is 2. The van der Waals surface area contributed by atoms with Gasteiger partial charge in [-0.05, 0) is 29.9 Å². The van der Waals surface area contributed by atoms with Crippen molar-refractivity contribution in [3.63, 3.8) is 0 Å². The van der Waals surface area contributed by atoms with Crippen LogP contribution in [0, 0.1) is 5.41 Å². The number of halogens is 2. The molecule has 3 rings (SSSR count). The van der Waals surface area contributed by atoms with Crippen molar-refractivity contribution in [2.75, 3.05) is 6.54 Å². The average Bonchev–Trinajstić information content (AvgIpc) is 3.19. The minimum atomic E-state index is -0.458. The number of hydrogen-bond donors (Lipinski definition) is 4. The molecule has 1 saturated heterocycles. The third kappa shape index (κ3) is 6.45. The number of nitrogens with two attached hydrogens (primary N) is 2. The zero-order valence-corrected chi connectivity index (χ0v) is 19.6. The molecule has 0 spiro atoms. The highest BCUT2D eigenvalue weighted by atomic mass is 35.5. The van der Waals surface area contributed by atoms with Gasteiger partial charge in [0, 0.05) is 18.7 Å². The summed E-state index contributed by atoms with van der Waals surface area (Å²) in [5.41, 5.74) is 13.9. The van der Waals surface area contributed by atoms with E-state index in [-0.39, 0.29) is 48.4 Å². The number of carbonyl (C=O) groups is 2. The summed E-state index contributed by atoms with van der Waals surface area (Å²) >= 11 is 0. The van der Waals surface area contributed by atoms with E-state index in [4.69, 9.17) is 16.9 Å². The molecule has 1 fully saturated rings. The van der Waals surface area contributed by atoms with Crippen LogP contribution in [-0.2, 0) is 16.1 Å². The highest BCUT2D eigenvalue weighted by molar-refractivity contribution is 5.94. The van der Waals surface area contributed by atoms with Gasteiger partial charge in [0.05, 0.1) is 12.1 Å². The summed E-state index contributed by atoms with van der Waals surface area (Å²) in [4.78, 5) is 27.0. The van der Waals surface area contributed by atoms with Crippen LogP contribution in [-0.4, -0.2) is 41.2 Å².